The first-order valence-electron chi connectivity index (χ1n) is 10.2. The lowest BCUT2D eigenvalue weighted by Gasteiger charge is -2.11. The van der Waals surface area contributed by atoms with Crippen LogP contribution < -0.4 is 20.7 Å². The molecule has 0 unspecified atom stereocenters. The summed E-state index contributed by atoms with van der Waals surface area (Å²) in [6.07, 6.45) is 0. The normalized spacial score (nSPS) is 11.8. The molecule has 28 heavy (non-hydrogen) atoms. The molecule has 0 amide bonds. The van der Waals surface area contributed by atoms with E-state index in [0.717, 1.165) is 26.4 Å². The van der Waals surface area contributed by atoms with E-state index in [4.69, 9.17) is 9.47 Å². The Bertz CT molecular complexity index is 790. The highest BCUT2D eigenvalue weighted by Crippen LogP contribution is 2.00. The van der Waals surface area contributed by atoms with Crippen LogP contribution in [-0.2, 0) is 22.7 Å². The van der Waals surface area contributed by atoms with E-state index in [-0.39, 0.29) is 0 Å². The molecular weight excluding hydrogens is 376 g/mol. The van der Waals surface area contributed by atoms with E-state index in [2.05, 4.69) is 86.6 Å². The van der Waals surface area contributed by atoms with Crippen molar-refractivity contribution in [3.05, 3.63) is 83.9 Å². The minimum absolute atomic E-state index is 0.481. The van der Waals surface area contributed by atoms with Gasteiger partial charge >= 0.3 is 0 Å². The lowest BCUT2D eigenvalue weighted by atomic mass is 10.2. The van der Waals surface area contributed by atoms with Gasteiger partial charge in [0.25, 0.3) is 0 Å². The molecule has 3 aromatic rings. The SMILES string of the molecule is CCOCc1ccccc1[SiH2]c1ccc([SiH2]c2ccccc2COCC)cc1. The van der Waals surface area contributed by atoms with Crippen molar-refractivity contribution in [1.29, 1.82) is 0 Å². The molecule has 0 fully saturated rings. The van der Waals surface area contributed by atoms with Crippen LogP contribution in [-0.4, -0.2) is 32.3 Å². The second kappa shape index (κ2) is 11.1. The molecular formula is C24H30O2Si2. The summed E-state index contributed by atoms with van der Waals surface area (Å²) in [5, 5.41) is 5.96. The molecule has 0 heterocycles. The van der Waals surface area contributed by atoms with E-state index in [1.165, 1.54) is 31.9 Å². The van der Waals surface area contributed by atoms with Crippen LogP contribution in [0.2, 0.25) is 0 Å². The largest absolute Gasteiger partial charge is 0.377 e. The summed E-state index contributed by atoms with van der Waals surface area (Å²) in [6.45, 7) is 7.08. The summed E-state index contributed by atoms with van der Waals surface area (Å²) in [4.78, 5) is 0. The van der Waals surface area contributed by atoms with Crippen LogP contribution in [0.5, 0.6) is 0 Å². The maximum atomic E-state index is 5.64. The fraction of sp³-hybridized carbons (Fsp3) is 0.250. The van der Waals surface area contributed by atoms with Crippen LogP contribution in [0, 0.1) is 0 Å². The van der Waals surface area contributed by atoms with Gasteiger partial charge in [-0.1, -0.05) is 93.5 Å². The summed E-state index contributed by atoms with van der Waals surface area (Å²) >= 11 is 0. The molecule has 3 aromatic carbocycles. The van der Waals surface area contributed by atoms with Gasteiger partial charge in [-0.15, -0.1) is 0 Å². The second-order valence-electron chi connectivity index (χ2n) is 6.98. The van der Waals surface area contributed by atoms with Crippen molar-refractivity contribution in [1.82, 2.24) is 0 Å². The molecule has 0 atom stereocenters. The van der Waals surface area contributed by atoms with E-state index < -0.39 is 19.0 Å². The zero-order valence-corrected chi connectivity index (χ0v) is 19.8. The molecule has 0 aliphatic heterocycles. The Morgan fingerprint density at radius 1 is 0.571 bits per heavy atom. The van der Waals surface area contributed by atoms with E-state index in [1.54, 1.807) is 0 Å². The average Bonchev–Trinajstić information content (AvgIpc) is 2.74. The Balaban J connectivity index is 1.68. The highest BCUT2D eigenvalue weighted by atomic mass is 28.2. The number of hydrogen-bond acceptors (Lipinski definition) is 2. The topological polar surface area (TPSA) is 18.5 Å². The third kappa shape index (κ3) is 6.01. The van der Waals surface area contributed by atoms with Gasteiger partial charge in [0.1, 0.15) is 0 Å². The Kier molecular flexibility index (Phi) is 8.24. The molecule has 0 aliphatic rings. The van der Waals surface area contributed by atoms with Gasteiger partial charge in [0, 0.05) is 13.2 Å². The van der Waals surface area contributed by atoms with Crippen molar-refractivity contribution in [2.75, 3.05) is 13.2 Å². The van der Waals surface area contributed by atoms with Crippen LogP contribution in [0.4, 0.5) is 0 Å². The van der Waals surface area contributed by atoms with Crippen LogP contribution in [0.3, 0.4) is 0 Å². The zero-order chi connectivity index (χ0) is 19.6. The predicted octanol–water partition coefficient (Wildman–Crippen LogP) is 0.999. The molecule has 0 bridgehead atoms. The molecule has 0 radical (unpaired) electrons. The summed E-state index contributed by atoms with van der Waals surface area (Å²) in [5.74, 6) is 0. The number of ether oxygens (including phenoxy) is 2. The summed E-state index contributed by atoms with van der Waals surface area (Å²) in [5.41, 5.74) is 2.69. The van der Waals surface area contributed by atoms with Gasteiger partial charge in [0.2, 0.25) is 0 Å². The number of benzene rings is 3. The Hall–Kier alpha value is -1.99. The van der Waals surface area contributed by atoms with Gasteiger partial charge in [0.05, 0.1) is 32.3 Å². The molecule has 2 nitrogen and oxygen atoms in total. The predicted molar refractivity (Wildman–Crippen MR) is 126 cm³/mol. The third-order valence-corrected chi connectivity index (χ3v) is 8.87. The van der Waals surface area contributed by atoms with E-state index >= 15 is 0 Å². The zero-order valence-electron chi connectivity index (χ0n) is 17.0. The first kappa shape index (κ1) is 20.7. The average molecular weight is 407 g/mol. The van der Waals surface area contributed by atoms with E-state index in [1.807, 2.05) is 0 Å². The fourth-order valence-corrected chi connectivity index (χ4v) is 6.60. The lowest BCUT2D eigenvalue weighted by molar-refractivity contribution is 0.134. The van der Waals surface area contributed by atoms with Gasteiger partial charge < -0.3 is 9.47 Å². The molecule has 3 rings (SSSR count). The molecule has 146 valence electrons. The molecule has 0 aromatic heterocycles. The van der Waals surface area contributed by atoms with E-state index in [0.29, 0.717) is 0 Å². The third-order valence-electron chi connectivity index (χ3n) is 4.97. The first-order valence-corrected chi connectivity index (χ1v) is 13.0. The van der Waals surface area contributed by atoms with Crippen molar-refractivity contribution in [3.8, 4) is 0 Å². The molecule has 4 heteroatoms. The van der Waals surface area contributed by atoms with Crippen LogP contribution >= 0.6 is 0 Å². The second-order valence-corrected chi connectivity index (χ2v) is 10.8. The summed E-state index contributed by atoms with van der Waals surface area (Å²) < 4.78 is 11.3. The Morgan fingerprint density at radius 2 is 0.964 bits per heavy atom. The smallest absolute Gasteiger partial charge is 0.0879 e. The summed E-state index contributed by atoms with van der Waals surface area (Å²) in [7, 11) is -0.962. The minimum Gasteiger partial charge on any atom is -0.377 e. The van der Waals surface area contributed by atoms with Gasteiger partial charge in [-0.3, -0.25) is 0 Å². The lowest BCUT2D eigenvalue weighted by Crippen LogP contribution is -2.33. The van der Waals surface area contributed by atoms with Crippen molar-refractivity contribution >= 4 is 39.8 Å². The monoisotopic (exact) mass is 406 g/mol. The maximum Gasteiger partial charge on any atom is 0.0879 e. The molecule has 0 spiro atoms. The highest BCUT2D eigenvalue weighted by Gasteiger charge is 2.06. The standard InChI is InChI=1S/C24H30O2Si2/c1-3-25-17-19-9-5-7-11-23(19)27-21-13-15-22(16-14-21)28-24-12-8-6-10-20(24)18-26-4-2/h5-16H,3-4,17-18,27-28H2,1-2H3. The molecule has 0 aliphatic carbocycles. The van der Waals surface area contributed by atoms with Crippen LogP contribution in [0.1, 0.15) is 25.0 Å². The van der Waals surface area contributed by atoms with E-state index in [9.17, 15) is 0 Å². The molecule has 0 N–H and O–H groups in total. The first-order chi connectivity index (χ1) is 13.8. The molecule has 0 saturated carbocycles. The summed E-state index contributed by atoms with van der Waals surface area (Å²) in [6, 6.07) is 26.8. The Labute approximate surface area is 173 Å². The van der Waals surface area contributed by atoms with Crippen molar-refractivity contribution in [3.63, 3.8) is 0 Å². The van der Waals surface area contributed by atoms with Gasteiger partial charge in [-0.25, -0.2) is 0 Å². The van der Waals surface area contributed by atoms with Gasteiger partial charge in [-0.05, 0) is 25.0 Å². The highest BCUT2D eigenvalue weighted by molar-refractivity contribution is 6.69. The quantitative estimate of drug-likeness (QED) is 0.468. The van der Waals surface area contributed by atoms with Crippen molar-refractivity contribution < 1.29 is 9.47 Å². The molecule has 0 saturated heterocycles. The maximum absolute atomic E-state index is 5.64. The minimum atomic E-state index is -0.481. The van der Waals surface area contributed by atoms with Gasteiger partial charge in [0.15, 0.2) is 0 Å². The number of hydrogen-bond donors (Lipinski definition) is 0. The number of rotatable bonds is 10. The van der Waals surface area contributed by atoms with Gasteiger partial charge in [-0.2, -0.15) is 0 Å². The van der Waals surface area contributed by atoms with Crippen LogP contribution in [0.25, 0.3) is 0 Å². The van der Waals surface area contributed by atoms with Crippen molar-refractivity contribution in [2.24, 2.45) is 0 Å². The van der Waals surface area contributed by atoms with Crippen molar-refractivity contribution in [2.45, 2.75) is 27.1 Å². The Morgan fingerprint density at radius 3 is 1.36 bits per heavy atom. The van der Waals surface area contributed by atoms with Crippen LogP contribution in [0.15, 0.2) is 72.8 Å². The fourth-order valence-electron chi connectivity index (χ4n) is 3.38.